The molecule has 8 aromatic carbocycles. The summed E-state index contributed by atoms with van der Waals surface area (Å²) in [6, 6.07) is 61.9. The molecule has 4 aliphatic rings. The summed E-state index contributed by atoms with van der Waals surface area (Å²) in [5, 5.41) is 24.6. The molecular formula is C102H72F24N2O6S8. The molecule has 20 rings (SSSR count). The van der Waals surface area contributed by atoms with Crippen molar-refractivity contribution in [1.82, 2.24) is 0 Å². The van der Waals surface area contributed by atoms with Gasteiger partial charge in [0.25, 0.3) is 11.4 Å². The minimum Gasteiger partial charge on any atom is -0.487 e. The lowest BCUT2D eigenvalue weighted by Crippen LogP contribution is -2.48. The normalized spacial score (nSPS) is 16.8. The van der Waals surface area contributed by atoms with Gasteiger partial charge in [-0.1, -0.05) is 179 Å². The largest absolute Gasteiger partial charge is 0.487 e. The van der Waals surface area contributed by atoms with E-state index in [2.05, 4.69) is 72.8 Å². The topological polar surface area (TPSA) is 105 Å². The highest BCUT2D eigenvalue weighted by Crippen LogP contribution is 2.71. The molecule has 0 atom stereocenters. The van der Waals surface area contributed by atoms with Crippen molar-refractivity contribution in [3.05, 3.63) is 324 Å². The first-order valence-corrected chi connectivity index (χ1v) is 48.6. The SMILES string of the molecule is COc1sc(-c2ccccc2)cc1C1=C(c2cc(-c3ccccc3)sc2OC)CCC1.Cc1ccc(-c2cc(C3=C(c4cc(-c5ccc(C)cc5)sc4C)C(F)(F)C(F)(F)C3(F)F)c(C)s2)cc1.Cc1sc2cc([N+](=O)[O-])ccc2c1C1=C(c2c(C)sc3cc([N+](=O)[O-])ccc23)C(F)(F)C(F)(F)C1(F)F.Cc1sc2ccccc2c1C1=C(c2c(C)sc3ccccc23)C(F)(F)C(F)(F)C1(F)F.FF.FF.FF. The Balaban J connectivity index is 0.000000148. The van der Waals surface area contributed by atoms with Crippen LogP contribution in [0.1, 0.15) is 104 Å². The molecule has 0 unspecified atom stereocenters. The Morgan fingerprint density at radius 3 is 0.824 bits per heavy atom. The number of methoxy groups -OCH3 is 2. The number of hydrogen-bond donors (Lipinski definition) is 0. The molecule has 742 valence electrons. The first-order valence-electron chi connectivity index (χ1n) is 42.1. The molecule has 40 heteroatoms. The number of thiophene rings is 8. The van der Waals surface area contributed by atoms with E-state index in [1.165, 1.54) is 109 Å². The first-order chi connectivity index (χ1) is 67.1. The number of ether oxygens (including phenoxy) is 2. The van der Waals surface area contributed by atoms with Gasteiger partial charge in [-0.05, 0) is 168 Å². The maximum Gasteiger partial charge on any atom is 0.380 e. The van der Waals surface area contributed by atoms with Crippen LogP contribution in [0.3, 0.4) is 0 Å². The van der Waals surface area contributed by atoms with Crippen molar-refractivity contribution < 1.29 is 126 Å². The fourth-order valence-electron chi connectivity index (χ4n) is 17.9. The van der Waals surface area contributed by atoms with Gasteiger partial charge in [-0.2, -0.15) is 79.0 Å². The van der Waals surface area contributed by atoms with Gasteiger partial charge < -0.3 is 9.47 Å². The van der Waals surface area contributed by atoms with Crippen molar-refractivity contribution in [1.29, 1.82) is 0 Å². The van der Waals surface area contributed by atoms with Crippen LogP contribution < -0.4 is 9.47 Å². The number of halogens is 24. The van der Waals surface area contributed by atoms with Crippen molar-refractivity contribution >= 4 is 187 Å². The minimum atomic E-state index is -5.80. The van der Waals surface area contributed by atoms with Gasteiger partial charge in [-0.3, -0.25) is 20.2 Å². The molecule has 0 fully saturated rings. The maximum atomic E-state index is 15.4. The second-order valence-electron chi connectivity index (χ2n) is 32.9. The number of fused-ring (bicyclic) bond motifs is 4. The van der Waals surface area contributed by atoms with Crippen molar-refractivity contribution in [2.24, 2.45) is 0 Å². The number of hydrogen-bond acceptors (Lipinski definition) is 14. The Morgan fingerprint density at radius 1 is 0.275 bits per heavy atom. The van der Waals surface area contributed by atoms with E-state index < -0.39 is 108 Å². The highest BCUT2D eigenvalue weighted by molar-refractivity contribution is 7.21. The Morgan fingerprint density at radius 2 is 0.528 bits per heavy atom. The number of alkyl halides is 18. The van der Waals surface area contributed by atoms with Gasteiger partial charge >= 0.3 is 53.3 Å². The zero-order chi connectivity index (χ0) is 104. The van der Waals surface area contributed by atoms with E-state index in [1.807, 2.05) is 38.1 Å². The fourth-order valence-corrected chi connectivity index (χ4v) is 26.3. The van der Waals surface area contributed by atoms with Gasteiger partial charge in [0.15, 0.2) is 10.1 Å². The van der Waals surface area contributed by atoms with Crippen LogP contribution in [0.25, 0.3) is 127 Å². The fraction of sp³-hybridized carbons (Fsp3) is 0.216. The number of nitro groups is 2. The average Bonchev–Trinajstić information content (AvgIpc) is 1.55. The van der Waals surface area contributed by atoms with Crippen molar-refractivity contribution in [3.8, 4) is 51.9 Å². The number of rotatable bonds is 16. The second kappa shape index (κ2) is 40.4. The molecule has 0 radical (unpaired) electrons. The van der Waals surface area contributed by atoms with Crippen molar-refractivity contribution in [2.45, 2.75) is 128 Å². The Bertz CT molecular complexity index is 7210. The van der Waals surface area contributed by atoms with Gasteiger partial charge in [0.05, 0.1) is 24.1 Å². The third-order valence-electron chi connectivity index (χ3n) is 24.5. The summed E-state index contributed by atoms with van der Waals surface area (Å²) in [6.07, 6.45) is 3.29. The first kappa shape index (κ1) is 106. The molecule has 0 aliphatic heterocycles. The second-order valence-corrected chi connectivity index (χ2v) is 42.5. The van der Waals surface area contributed by atoms with Crippen LogP contribution in [-0.2, 0) is 0 Å². The van der Waals surface area contributed by atoms with Crippen LogP contribution in [0, 0.1) is 75.6 Å². The quantitative estimate of drug-likeness (QED) is 0.0542. The van der Waals surface area contributed by atoms with E-state index >= 15 is 52.7 Å². The lowest BCUT2D eigenvalue weighted by molar-refractivity contribution is -0.384. The molecule has 16 aromatic rings. The molecule has 8 aromatic heterocycles. The smallest absolute Gasteiger partial charge is 0.380 e. The summed E-state index contributed by atoms with van der Waals surface area (Å²) in [7, 11) is 3.55. The lowest BCUT2D eigenvalue weighted by atomic mass is 9.91. The summed E-state index contributed by atoms with van der Waals surface area (Å²) in [5.74, 6) is -47.8. The molecule has 4 aliphatic carbocycles. The number of allylic oxidation sites excluding steroid dienone is 8. The molecule has 0 saturated carbocycles. The molecule has 0 saturated heterocycles. The van der Waals surface area contributed by atoms with Gasteiger partial charge in [0.1, 0.15) is 0 Å². The highest BCUT2D eigenvalue weighted by atomic mass is 32.1. The summed E-state index contributed by atoms with van der Waals surface area (Å²) >= 11 is 9.46. The van der Waals surface area contributed by atoms with Gasteiger partial charge in [0.2, 0.25) is 0 Å². The average molecular weight is 2130 g/mol. The number of aryl methyl sites for hydroxylation is 8. The van der Waals surface area contributed by atoms with Gasteiger partial charge in [0, 0.05) is 208 Å². The number of nitrogens with zero attached hydrogens (tertiary/aromatic N) is 2. The lowest BCUT2D eigenvalue weighted by Gasteiger charge is -2.26. The molecule has 0 bridgehead atoms. The van der Waals surface area contributed by atoms with E-state index in [0.717, 1.165) is 145 Å². The van der Waals surface area contributed by atoms with Crippen LogP contribution in [0.15, 0.2) is 218 Å². The van der Waals surface area contributed by atoms with E-state index in [0.29, 0.717) is 40.0 Å². The predicted molar refractivity (Wildman–Crippen MR) is 523 cm³/mol. The predicted octanol–water partition coefficient (Wildman–Crippen LogP) is 37.9. The summed E-state index contributed by atoms with van der Waals surface area (Å²) < 4.78 is 334. The number of benzene rings is 8. The molecular weight excluding hydrogens is 2060 g/mol. The molecule has 8 nitrogen and oxygen atoms in total. The van der Waals surface area contributed by atoms with Crippen molar-refractivity contribution in [3.63, 3.8) is 0 Å². The number of non-ortho nitro benzene ring substituents is 2. The summed E-state index contributed by atoms with van der Waals surface area (Å²) in [4.78, 5) is 25.5. The van der Waals surface area contributed by atoms with Crippen LogP contribution in [-0.4, -0.2) is 77.4 Å². The Kier molecular flexibility index (Phi) is 30.1. The minimum absolute atomic E-state index is 0.0102. The van der Waals surface area contributed by atoms with E-state index in [9.17, 15) is 46.6 Å². The third kappa shape index (κ3) is 17.9. The number of nitro benzene ring substituents is 2. The van der Waals surface area contributed by atoms with Gasteiger partial charge in [-0.25, -0.2) is 0 Å². The van der Waals surface area contributed by atoms with Crippen LogP contribution in [0.5, 0.6) is 10.1 Å². The molecule has 0 amide bonds. The zero-order valence-corrected chi connectivity index (χ0v) is 81.6. The highest BCUT2D eigenvalue weighted by Gasteiger charge is 2.83. The monoisotopic (exact) mass is 2130 g/mol. The van der Waals surface area contributed by atoms with Crippen LogP contribution in [0.2, 0.25) is 0 Å². The van der Waals surface area contributed by atoms with Crippen LogP contribution in [0.4, 0.5) is 118 Å². The maximum absolute atomic E-state index is 15.4. The van der Waals surface area contributed by atoms with E-state index in [4.69, 9.17) is 36.9 Å². The van der Waals surface area contributed by atoms with Gasteiger partial charge in [-0.15, -0.1) is 68.0 Å². The molecule has 0 spiro atoms. The van der Waals surface area contributed by atoms with Crippen molar-refractivity contribution in [2.75, 3.05) is 14.2 Å². The Hall–Kier alpha value is -11.9. The standard InChI is InChI=1S/C29H22F6S2.C27H24O2S2.C23H12F6N2O4S2.C23H14F6S2.3F2/c1-15-5-9-19(10-6-15)23-13-21(17(3)36-23)25-26(28(32,33)29(34,35)27(25,30)31)22-14-24(37-18(22)4)20-11-7-16(2)8-12-20;1-28-26-22(16-24(30-26)18-10-5-3-6-11-18)20-14-9-15-21(20)23-17-25(31-27(23)29-2)19-12-7-4-8-13-19;1-9-17(13-5-3-11(30(32)33)7-15(13)36-9)19-20(22(26,27)23(28,29)21(19,24)25)18-10(2)37-16-8-12(31(34)35)4-6-14(16)18;1-11-17(13-7-3-5-9-15(13)30-11)19-20(22(26,27)23(28,29)21(19,24)25)18-12(2)31-16-10-6-4-8-14(16)18;3*1-2/h5-14H,1-4H3;3-8,10-13,16-17H,9,14-15H2,1-2H3;3-8H,1-2H3;3-10H,1-2H3;;;. The summed E-state index contributed by atoms with van der Waals surface area (Å²) in [6.45, 7) is 12.3. The van der Waals surface area contributed by atoms with E-state index in [1.54, 1.807) is 97.6 Å². The molecule has 142 heavy (non-hydrogen) atoms. The molecule has 8 heterocycles. The third-order valence-corrected chi connectivity index (χ3v) is 33.3. The Labute approximate surface area is 824 Å². The zero-order valence-electron chi connectivity index (χ0n) is 75.1. The molecule has 0 N–H and O–H groups in total. The van der Waals surface area contributed by atoms with Crippen LogP contribution >= 0.6 is 90.7 Å². The van der Waals surface area contributed by atoms with E-state index in [-0.39, 0.29) is 84.1 Å². The summed E-state index contributed by atoms with van der Waals surface area (Å²) in [5.41, 5.74) is -0.0872.